The molecule has 26 heavy (non-hydrogen) atoms. The number of hydrogen-bond acceptors (Lipinski definition) is 5. The Morgan fingerprint density at radius 3 is 2.42 bits per heavy atom. The van der Waals surface area contributed by atoms with Crippen LogP contribution in [0.2, 0.25) is 0 Å². The second kappa shape index (κ2) is 7.54. The molecule has 5 nitrogen and oxygen atoms in total. The van der Waals surface area contributed by atoms with Crippen molar-refractivity contribution in [3.8, 4) is 17.0 Å². The van der Waals surface area contributed by atoms with Gasteiger partial charge in [-0.3, -0.25) is 0 Å². The fourth-order valence-corrected chi connectivity index (χ4v) is 2.88. The lowest BCUT2D eigenvalue weighted by Crippen LogP contribution is -2.26. The summed E-state index contributed by atoms with van der Waals surface area (Å²) in [7, 11) is 1.83. The van der Waals surface area contributed by atoms with Crippen LogP contribution >= 0.6 is 0 Å². The van der Waals surface area contributed by atoms with Gasteiger partial charge in [0.15, 0.2) is 0 Å². The fraction of sp³-hybridized carbons (Fsp3) is 0.238. The molecule has 0 amide bonds. The maximum atomic E-state index is 6.09. The number of nitrogens with zero attached hydrogens (tertiary/aromatic N) is 3. The number of rotatable bonds is 5. The van der Waals surface area contributed by atoms with Crippen molar-refractivity contribution in [3.63, 3.8) is 0 Å². The highest BCUT2D eigenvalue weighted by molar-refractivity contribution is 5.61. The van der Waals surface area contributed by atoms with E-state index in [4.69, 9.17) is 10.6 Å². The second-order valence-electron chi connectivity index (χ2n) is 6.51. The van der Waals surface area contributed by atoms with Crippen molar-refractivity contribution in [2.75, 3.05) is 12.1 Å². The van der Waals surface area contributed by atoms with Gasteiger partial charge in [0.05, 0.1) is 17.1 Å². The van der Waals surface area contributed by atoms with Crippen LogP contribution in [0.15, 0.2) is 48.5 Å². The lowest BCUT2D eigenvalue weighted by Gasteiger charge is -2.19. The van der Waals surface area contributed by atoms with Gasteiger partial charge in [-0.1, -0.05) is 12.1 Å². The zero-order chi connectivity index (χ0) is 18.7. The van der Waals surface area contributed by atoms with Crippen LogP contribution in [0.4, 0.5) is 5.69 Å². The van der Waals surface area contributed by atoms with E-state index < -0.39 is 0 Å². The summed E-state index contributed by atoms with van der Waals surface area (Å²) in [4.78, 5) is 0. The summed E-state index contributed by atoms with van der Waals surface area (Å²) in [6.07, 6.45) is 0. The van der Waals surface area contributed by atoms with E-state index in [1.54, 1.807) is 5.01 Å². The Kier molecular flexibility index (Phi) is 5.19. The van der Waals surface area contributed by atoms with Gasteiger partial charge in [0, 0.05) is 18.2 Å². The van der Waals surface area contributed by atoms with Crippen molar-refractivity contribution in [2.45, 2.75) is 27.4 Å². The number of hydrazine groups is 1. The quantitative estimate of drug-likeness (QED) is 0.558. The fourth-order valence-electron chi connectivity index (χ4n) is 2.88. The Hall–Kier alpha value is -2.92. The summed E-state index contributed by atoms with van der Waals surface area (Å²) in [6.45, 7) is 6.50. The number of anilines is 1. The van der Waals surface area contributed by atoms with Crippen LogP contribution < -0.4 is 15.6 Å². The van der Waals surface area contributed by atoms with Gasteiger partial charge in [-0.05, 0) is 68.3 Å². The molecule has 0 aliphatic rings. The molecular weight excluding hydrogens is 324 g/mol. The van der Waals surface area contributed by atoms with Crippen molar-refractivity contribution in [2.24, 2.45) is 5.84 Å². The van der Waals surface area contributed by atoms with E-state index in [0.29, 0.717) is 6.61 Å². The van der Waals surface area contributed by atoms with Crippen molar-refractivity contribution < 1.29 is 4.74 Å². The lowest BCUT2D eigenvalue weighted by atomic mass is 10.1. The van der Waals surface area contributed by atoms with Crippen LogP contribution in [0.1, 0.15) is 22.4 Å². The number of aromatic nitrogens is 2. The molecule has 0 radical (unpaired) electrons. The molecule has 0 aliphatic heterocycles. The van der Waals surface area contributed by atoms with Crippen molar-refractivity contribution >= 4 is 5.69 Å². The van der Waals surface area contributed by atoms with E-state index in [1.807, 2.05) is 57.3 Å². The molecule has 1 heterocycles. The van der Waals surface area contributed by atoms with E-state index in [-0.39, 0.29) is 0 Å². The summed E-state index contributed by atoms with van der Waals surface area (Å²) < 4.78 is 6.09. The molecule has 0 unspecified atom stereocenters. The number of aryl methyl sites for hydroxylation is 3. The van der Waals surface area contributed by atoms with Crippen molar-refractivity contribution in [1.29, 1.82) is 0 Å². The minimum Gasteiger partial charge on any atom is -0.489 e. The van der Waals surface area contributed by atoms with E-state index in [1.165, 1.54) is 0 Å². The van der Waals surface area contributed by atoms with Crippen LogP contribution in [0.3, 0.4) is 0 Å². The average Bonchev–Trinajstić information content (AvgIpc) is 2.62. The van der Waals surface area contributed by atoms with Gasteiger partial charge in [0.25, 0.3) is 0 Å². The third-order valence-electron chi connectivity index (χ3n) is 4.41. The van der Waals surface area contributed by atoms with Gasteiger partial charge in [-0.15, -0.1) is 0 Å². The Bertz CT molecular complexity index is 904. The molecule has 0 bridgehead atoms. The minimum absolute atomic E-state index is 0.466. The maximum Gasteiger partial charge on any atom is 0.122 e. The topological polar surface area (TPSA) is 64.3 Å². The van der Waals surface area contributed by atoms with Crippen molar-refractivity contribution in [1.82, 2.24) is 10.2 Å². The Morgan fingerprint density at radius 1 is 0.962 bits per heavy atom. The van der Waals surface area contributed by atoms with E-state index in [9.17, 15) is 0 Å². The predicted molar refractivity (Wildman–Crippen MR) is 105 cm³/mol. The highest BCUT2D eigenvalue weighted by Gasteiger charge is 2.10. The van der Waals surface area contributed by atoms with E-state index in [0.717, 1.165) is 45.1 Å². The molecule has 5 heteroatoms. The molecular formula is C21H24N4O. The molecule has 1 aromatic heterocycles. The maximum absolute atomic E-state index is 6.09. The lowest BCUT2D eigenvalue weighted by molar-refractivity contribution is 0.303. The molecule has 0 atom stereocenters. The first-order valence-corrected chi connectivity index (χ1v) is 8.57. The standard InChI is InChI=1S/C21H24N4O/c1-14-6-5-7-20(25(4)22)18(14)13-26-21-11-9-17(12-15(21)2)19-10-8-16(3)23-24-19/h5-12H,13,22H2,1-4H3. The van der Waals surface area contributed by atoms with E-state index >= 15 is 0 Å². The van der Waals surface area contributed by atoms with Crippen LogP contribution in [0, 0.1) is 20.8 Å². The molecule has 0 saturated carbocycles. The summed E-state index contributed by atoms with van der Waals surface area (Å²) in [6, 6.07) is 16.1. The molecule has 0 spiro atoms. The minimum atomic E-state index is 0.466. The Balaban J connectivity index is 1.81. The zero-order valence-electron chi connectivity index (χ0n) is 15.7. The Labute approximate surface area is 154 Å². The Morgan fingerprint density at radius 2 is 1.77 bits per heavy atom. The highest BCUT2D eigenvalue weighted by atomic mass is 16.5. The molecule has 3 aromatic rings. The summed E-state index contributed by atoms with van der Waals surface area (Å²) in [5, 5.41) is 9.99. The normalized spacial score (nSPS) is 10.7. The van der Waals surface area contributed by atoms with Gasteiger partial charge in [-0.2, -0.15) is 10.2 Å². The smallest absolute Gasteiger partial charge is 0.122 e. The SMILES string of the molecule is Cc1ccc(-c2ccc(OCc3c(C)cccc3N(C)N)c(C)c2)nn1. The first-order chi connectivity index (χ1) is 12.5. The number of ether oxygens (including phenoxy) is 1. The van der Waals surface area contributed by atoms with Gasteiger partial charge < -0.3 is 9.75 Å². The molecule has 134 valence electrons. The molecule has 3 rings (SSSR count). The number of nitrogens with two attached hydrogens (primary N) is 1. The van der Waals surface area contributed by atoms with Gasteiger partial charge >= 0.3 is 0 Å². The average molecular weight is 348 g/mol. The zero-order valence-corrected chi connectivity index (χ0v) is 15.7. The predicted octanol–water partition coefficient (Wildman–Crippen LogP) is 3.96. The van der Waals surface area contributed by atoms with Gasteiger partial charge in [0.1, 0.15) is 12.4 Å². The first kappa shape index (κ1) is 17.9. The number of benzene rings is 2. The van der Waals surface area contributed by atoms with E-state index in [2.05, 4.69) is 29.3 Å². The van der Waals surface area contributed by atoms with Crippen molar-refractivity contribution in [3.05, 3.63) is 70.9 Å². The summed E-state index contributed by atoms with van der Waals surface area (Å²) in [5.74, 6) is 6.79. The van der Waals surface area contributed by atoms with Crippen LogP contribution in [-0.2, 0) is 6.61 Å². The molecule has 0 saturated heterocycles. The summed E-state index contributed by atoms with van der Waals surface area (Å²) >= 11 is 0. The molecule has 2 aromatic carbocycles. The third kappa shape index (κ3) is 3.83. The highest BCUT2D eigenvalue weighted by Crippen LogP contribution is 2.28. The first-order valence-electron chi connectivity index (χ1n) is 8.57. The third-order valence-corrected chi connectivity index (χ3v) is 4.41. The van der Waals surface area contributed by atoms with Crippen LogP contribution in [0.5, 0.6) is 5.75 Å². The summed E-state index contributed by atoms with van der Waals surface area (Å²) in [5.41, 5.74) is 7.06. The molecule has 0 fully saturated rings. The molecule has 0 aliphatic carbocycles. The van der Waals surface area contributed by atoms with Crippen LogP contribution in [0.25, 0.3) is 11.3 Å². The second-order valence-corrected chi connectivity index (χ2v) is 6.51. The number of hydrogen-bond donors (Lipinski definition) is 1. The largest absolute Gasteiger partial charge is 0.489 e. The monoisotopic (exact) mass is 348 g/mol. The molecule has 2 N–H and O–H groups in total. The van der Waals surface area contributed by atoms with Crippen LogP contribution in [-0.4, -0.2) is 17.2 Å². The van der Waals surface area contributed by atoms with Gasteiger partial charge in [-0.25, -0.2) is 5.84 Å². The van der Waals surface area contributed by atoms with Gasteiger partial charge in [0.2, 0.25) is 0 Å².